The van der Waals surface area contributed by atoms with E-state index in [9.17, 15) is 14.5 Å². The number of aliphatic carboxylic acids is 1. The van der Waals surface area contributed by atoms with E-state index in [0.717, 1.165) is 0 Å². The van der Waals surface area contributed by atoms with Crippen molar-refractivity contribution in [1.29, 1.82) is 0 Å². The predicted molar refractivity (Wildman–Crippen MR) is 54.6 cm³/mol. The van der Waals surface area contributed by atoms with E-state index in [0.29, 0.717) is 5.56 Å². The Morgan fingerprint density at radius 3 is 2.38 bits per heavy atom. The molecule has 2 unspecified atom stereocenters. The Bertz CT molecular complexity index is 405. The highest BCUT2D eigenvalue weighted by molar-refractivity contribution is 6.33. The SMILES string of the molecule is CC(C(=O)C(=O)O)C(N=O)c1ccncc1. The molecule has 0 aliphatic rings. The molecule has 2 atom stereocenters. The molecule has 6 nitrogen and oxygen atoms in total. The van der Waals surface area contributed by atoms with Crippen molar-refractivity contribution in [3.8, 4) is 0 Å². The molecule has 1 rings (SSSR count). The van der Waals surface area contributed by atoms with Crippen LogP contribution in [0, 0.1) is 10.8 Å². The van der Waals surface area contributed by atoms with E-state index in [1.165, 1.54) is 31.5 Å². The summed E-state index contributed by atoms with van der Waals surface area (Å²) in [7, 11) is 0. The maximum atomic E-state index is 11.2. The molecule has 84 valence electrons. The normalized spacial score (nSPS) is 13.8. The van der Waals surface area contributed by atoms with Gasteiger partial charge in [0.1, 0.15) is 6.04 Å². The second-order valence-electron chi connectivity index (χ2n) is 3.29. The minimum atomic E-state index is -1.56. The molecule has 0 aliphatic heterocycles. The molecule has 6 heteroatoms. The number of carboxylic acid groups (broad SMARTS) is 1. The van der Waals surface area contributed by atoms with Crippen LogP contribution in [0.15, 0.2) is 29.7 Å². The highest BCUT2D eigenvalue weighted by atomic mass is 16.4. The van der Waals surface area contributed by atoms with E-state index in [-0.39, 0.29) is 0 Å². The summed E-state index contributed by atoms with van der Waals surface area (Å²) >= 11 is 0. The van der Waals surface area contributed by atoms with Crippen LogP contribution >= 0.6 is 0 Å². The number of carbonyl (C=O) groups is 2. The van der Waals surface area contributed by atoms with Crippen LogP contribution in [0.4, 0.5) is 0 Å². The third-order valence-corrected chi connectivity index (χ3v) is 2.26. The number of Topliss-reactive ketones (excluding diaryl/α,β-unsaturated/α-hetero) is 1. The predicted octanol–water partition coefficient (Wildman–Crippen LogP) is 1.18. The van der Waals surface area contributed by atoms with Crippen molar-refractivity contribution in [3.05, 3.63) is 35.0 Å². The Kier molecular flexibility index (Phi) is 3.82. The van der Waals surface area contributed by atoms with Crippen LogP contribution in [0.25, 0.3) is 0 Å². The summed E-state index contributed by atoms with van der Waals surface area (Å²) in [6.07, 6.45) is 2.90. The zero-order valence-electron chi connectivity index (χ0n) is 8.53. The van der Waals surface area contributed by atoms with Gasteiger partial charge in [-0.15, -0.1) is 0 Å². The van der Waals surface area contributed by atoms with Gasteiger partial charge in [0.15, 0.2) is 0 Å². The Labute approximate surface area is 91.3 Å². The van der Waals surface area contributed by atoms with Crippen molar-refractivity contribution in [2.75, 3.05) is 0 Å². The Balaban J connectivity index is 2.96. The van der Waals surface area contributed by atoms with E-state index in [1.54, 1.807) is 0 Å². The van der Waals surface area contributed by atoms with Crippen molar-refractivity contribution in [2.45, 2.75) is 13.0 Å². The first kappa shape index (κ1) is 12.0. The minimum Gasteiger partial charge on any atom is -0.475 e. The number of aromatic nitrogens is 1. The summed E-state index contributed by atoms with van der Waals surface area (Å²) < 4.78 is 0. The highest BCUT2D eigenvalue weighted by Crippen LogP contribution is 2.26. The summed E-state index contributed by atoms with van der Waals surface area (Å²) in [4.78, 5) is 36.1. The first-order valence-corrected chi connectivity index (χ1v) is 4.57. The van der Waals surface area contributed by atoms with E-state index in [4.69, 9.17) is 5.11 Å². The van der Waals surface area contributed by atoms with Gasteiger partial charge in [-0.3, -0.25) is 9.78 Å². The van der Waals surface area contributed by atoms with Gasteiger partial charge in [-0.2, -0.15) is 4.91 Å². The Hall–Kier alpha value is -2.11. The fraction of sp³-hybridized carbons (Fsp3) is 0.300. The quantitative estimate of drug-likeness (QED) is 0.596. The summed E-state index contributed by atoms with van der Waals surface area (Å²) in [5.74, 6) is -3.57. The number of carbonyl (C=O) groups excluding carboxylic acids is 1. The van der Waals surface area contributed by atoms with Gasteiger partial charge >= 0.3 is 5.97 Å². The number of ketones is 1. The van der Waals surface area contributed by atoms with Gasteiger partial charge in [0.05, 0.1) is 5.92 Å². The van der Waals surface area contributed by atoms with Crippen LogP contribution in [0.3, 0.4) is 0 Å². The van der Waals surface area contributed by atoms with Crippen molar-refractivity contribution < 1.29 is 14.7 Å². The van der Waals surface area contributed by atoms with Crippen LogP contribution in [0.2, 0.25) is 0 Å². The number of pyridine rings is 1. The fourth-order valence-electron chi connectivity index (χ4n) is 1.34. The lowest BCUT2D eigenvalue weighted by atomic mass is 9.92. The zero-order valence-corrected chi connectivity index (χ0v) is 8.53. The standard InChI is InChI=1S/C10H10N2O4/c1-6(9(13)10(14)15)8(12-16)7-2-4-11-5-3-7/h2-6,8H,1H3,(H,14,15). The smallest absolute Gasteiger partial charge is 0.372 e. The molecule has 16 heavy (non-hydrogen) atoms. The molecule has 0 bridgehead atoms. The molecule has 0 fully saturated rings. The van der Waals surface area contributed by atoms with E-state index in [1.807, 2.05) is 0 Å². The van der Waals surface area contributed by atoms with Gasteiger partial charge in [-0.05, 0) is 17.7 Å². The lowest BCUT2D eigenvalue weighted by Crippen LogP contribution is -2.25. The summed E-state index contributed by atoms with van der Waals surface area (Å²) in [5.41, 5.74) is 0.479. The molecule has 1 aromatic rings. The van der Waals surface area contributed by atoms with Crippen LogP contribution in [-0.4, -0.2) is 21.8 Å². The average Bonchev–Trinajstić information content (AvgIpc) is 2.30. The number of hydrogen-bond acceptors (Lipinski definition) is 5. The lowest BCUT2D eigenvalue weighted by Gasteiger charge is -2.14. The molecular weight excluding hydrogens is 212 g/mol. The molecule has 0 amide bonds. The Morgan fingerprint density at radius 1 is 1.38 bits per heavy atom. The first-order chi connectivity index (χ1) is 7.57. The molecule has 1 heterocycles. The van der Waals surface area contributed by atoms with E-state index >= 15 is 0 Å². The number of nitroso groups, excluding NO2 is 1. The number of rotatable bonds is 5. The third-order valence-electron chi connectivity index (χ3n) is 2.26. The van der Waals surface area contributed by atoms with Crippen LogP contribution in [0.5, 0.6) is 0 Å². The van der Waals surface area contributed by atoms with E-state index in [2.05, 4.69) is 10.2 Å². The highest BCUT2D eigenvalue weighted by Gasteiger charge is 2.30. The summed E-state index contributed by atoms with van der Waals surface area (Å²) in [6.45, 7) is 1.36. The zero-order chi connectivity index (χ0) is 12.1. The summed E-state index contributed by atoms with van der Waals surface area (Å²) in [6, 6.07) is 2.06. The maximum Gasteiger partial charge on any atom is 0.372 e. The van der Waals surface area contributed by atoms with Crippen LogP contribution in [-0.2, 0) is 9.59 Å². The van der Waals surface area contributed by atoms with Gasteiger partial charge in [-0.1, -0.05) is 12.1 Å². The minimum absolute atomic E-state index is 0.479. The van der Waals surface area contributed by atoms with Gasteiger partial charge in [-0.25, -0.2) is 4.79 Å². The molecule has 0 aromatic carbocycles. The first-order valence-electron chi connectivity index (χ1n) is 4.57. The maximum absolute atomic E-state index is 11.2. The lowest BCUT2D eigenvalue weighted by molar-refractivity contribution is -0.151. The second-order valence-corrected chi connectivity index (χ2v) is 3.29. The summed E-state index contributed by atoms with van der Waals surface area (Å²) in [5, 5.41) is 11.3. The van der Waals surface area contributed by atoms with E-state index < -0.39 is 23.7 Å². The topological polar surface area (TPSA) is 96.7 Å². The molecular formula is C10H10N2O4. The molecule has 1 aromatic heterocycles. The van der Waals surface area contributed by atoms with Crippen molar-refractivity contribution >= 4 is 11.8 Å². The number of nitrogens with zero attached hydrogens (tertiary/aromatic N) is 2. The molecule has 0 saturated heterocycles. The van der Waals surface area contributed by atoms with Crippen molar-refractivity contribution in [2.24, 2.45) is 11.1 Å². The number of carboxylic acids is 1. The monoisotopic (exact) mass is 222 g/mol. The van der Waals surface area contributed by atoms with Crippen molar-refractivity contribution in [3.63, 3.8) is 0 Å². The van der Waals surface area contributed by atoms with Crippen LogP contribution < -0.4 is 0 Å². The molecule has 1 N–H and O–H groups in total. The van der Waals surface area contributed by atoms with Gasteiger partial charge in [0.2, 0.25) is 5.78 Å². The second kappa shape index (κ2) is 5.11. The van der Waals surface area contributed by atoms with Gasteiger partial charge < -0.3 is 5.11 Å². The molecule has 0 aliphatic carbocycles. The average molecular weight is 222 g/mol. The Morgan fingerprint density at radius 2 is 1.94 bits per heavy atom. The van der Waals surface area contributed by atoms with Gasteiger partial charge in [0.25, 0.3) is 0 Å². The third kappa shape index (κ3) is 2.47. The molecule has 0 spiro atoms. The van der Waals surface area contributed by atoms with Gasteiger partial charge in [0, 0.05) is 12.4 Å². The number of hydrogen-bond donors (Lipinski definition) is 1. The van der Waals surface area contributed by atoms with Crippen LogP contribution in [0.1, 0.15) is 18.5 Å². The molecule has 0 radical (unpaired) electrons. The largest absolute Gasteiger partial charge is 0.475 e. The van der Waals surface area contributed by atoms with Crippen molar-refractivity contribution in [1.82, 2.24) is 4.98 Å². The fourth-order valence-corrected chi connectivity index (χ4v) is 1.34. The molecule has 0 saturated carbocycles.